The lowest BCUT2D eigenvalue weighted by Gasteiger charge is -2.41. The number of halogens is 3. The summed E-state index contributed by atoms with van der Waals surface area (Å²) in [5.74, 6) is 0.113. The molecule has 13 heteroatoms. The number of hydrogen-bond acceptors (Lipinski definition) is 9. The number of likely N-dealkylation sites (tertiary alicyclic amines) is 1. The van der Waals surface area contributed by atoms with Crippen molar-refractivity contribution in [2.45, 2.75) is 43.6 Å². The van der Waals surface area contributed by atoms with Gasteiger partial charge in [0.2, 0.25) is 5.91 Å². The summed E-state index contributed by atoms with van der Waals surface area (Å²) in [7, 11) is 1.80. The van der Waals surface area contributed by atoms with E-state index in [-0.39, 0.29) is 95.3 Å². The third kappa shape index (κ3) is 5.25. The summed E-state index contributed by atoms with van der Waals surface area (Å²) in [6, 6.07) is 6.61. The highest BCUT2D eigenvalue weighted by Gasteiger charge is 2.49. The third-order valence-electron chi connectivity index (χ3n) is 10.1. The molecule has 3 aliphatic rings. The minimum Gasteiger partial charge on any atom is -0.508 e. The molecule has 3 fully saturated rings. The highest BCUT2D eigenvalue weighted by atomic mass is 19.1. The van der Waals surface area contributed by atoms with Gasteiger partial charge < -0.3 is 19.6 Å². The fourth-order valence-electron chi connectivity index (χ4n) is 7.59. The van der Waals surface area contributed by atoms with Crippen LogP contribution < -0.4 is 9.64 Å². The minimum absolute atomic E-state index is 0.0137. The Labute approximate surface area is 280 Å². The fraction of sp³-hybridized carbons (Fsp3) is 0.361. The molecule has 1 N–H and O–H groups in total. The lowest BCUT2D eigenvalue weighted by Crippen LogP contribution is -2.56. The molecule has 0 saturated carbocycles. The van der Waals surface area contributed by atoms with E-state index in [2.05, 4.69) is 28.5 Å². The predicted molar refractivity (Wildman–Crippen MR) is 176 cm³/mol. The number of fused-ring (bicyclic) bond motifs is 4. The normalized spacial score (nSPS) is 25.0. The Morgan fingerprint density at radius 1 is 1.27 bits per heavy atom. The average Bonchev–Trinajstić information content (AvgIpc) is 3.48. The number of amides is 1. The van der Waals surface area contributed by atoms with Crippen LogP contribution in [0, 0.1) is 41.2 Å². The van der Waals surface area contributed by atoms with Crippen molar-refractivity contribution in [2.24, 2.45) is 5.92 Å². The number of phenols is 1. The Bertz CT molecular complexity index is 2130. The number of piperazine rings is 1. The van der Waals surface area contributed by atoms with Crippen molar-refractivity contribution in [1.82, 2.24) is 24.8 Å². The Hall–Kier alpha value is -5.40. The van der Waals surface area contributed by atoms with E-state index in [1.807, 2.05) is 16.7 Å². The maximum Gasteiger partial charge on any atom is 0.319 e. The molecule has 0 radical (unpaired) electrons. The highest BCUT2D eigenvalue weighted by Crippen LogP contribution is 2.41. The molecule has 0 aliphatic carbocycles. The van der Waals surface area contributed by atoms with E-state index < -0.39 is 35.3 Å². The molecule has 250 valence electrons. The number of anilines is 1. The Morgan fingerprint density at radius 2 is 2.06 bits per heavy atom. The second kappa shape index (κ2) is 11.9. The van der Waals surface area contributed by atoms with E-state index in [1.54, 1.807) is 11.9 Å². The van der Waals surface area contributed by atoms with E-state index >= 15 is 4.39 Å². The molecule has 0 spiro atoms. The van der Waals surface area contributed by atoms with Gasteiger partial charge in [-0.1, -0.05) is 18.6 Å². The summed E-state index contributed by atoms with van der Waals surface area (Å²) in [6.07, 6.45) is 7.93. The van der Waals surface area contributed by atoms with Crippen molar-refractivity contribution in [3.63, 3.8) is 0 Å². The molecule has 10 nitrogen and oxygen atoms in total. The summed E-state index contributed by atoms with van der Waals surface area (Å²) in [4.78, 5) is 31.8. The van der Waals surface area contributed by atoms with E-state index in [9.17, 15) is 23.9 Å². The quantitative estimate of drug-likeness (QED) is 0.230. The van der Waals surface area contributed by atoms with Crippen molar-refractivity contribution in [3.8, 4) is 41.4 Å². The molecule has 1 unspecified atom stereocenters. The Balaban J connectivity index is 1.38. The molecule has 4 aromatic rings. The van der Waals surface area contributed by atoms with Gasteiger partial charge in [-0.05, 0) is 50.1 Å². The monoisotopic (exact) mass is 667 g/mol. The number of carbonyl (C=O) groups excluding carboxylic acids is 1. The van der Waals surface area contributed by atoms with Gasteiger partial charge in [-0.2, -0.15) is 15.2 Å². The molecule has 5 atom stereocenters. The summed E-state index contributed by atoms with van der Waals surface area (Å²) in [5, 5.41) is 21.2. The van der Waals surface area contributed by atoms with Crippen LogP contribution in [0.4, 0.5) is 19.0 Å². The number of nitriles is 1. The van der Waals surface area contributed by atoms with E-state index in [1.165, 1.54) is 36.5 Å². The first kappa shape index (κ1) is 32.2. The number of hydrogen-bond donors (Lipinski definition) is 1. The molecular weight excluding hydrogens is 635 g/mol. The van der Waals surface area contributed by atoms with E-state index in [0.717, 1.165) is 0 Å². The highest BCUT2D eigenvalue weighted by molar-refractivity contribution is 6.03. The Kier molecular flexibility index (Phi) is 7.83. The number of likely N-dealkylation sites (N-methyl/N-ethyl adjacent to an activating group) is 1. The summed E-state index contributed by atoms with van der Waals surface area (Å²) in [6.45, 7) is 6.23. The van der Waals surface area contributed by atoms with Gasteiger partial charge in [0.15, 0.2) is 5.82 Å². The van der Waals surface area contributed by atoms with Crippen LogP contribution in [0.3, 0.4) is 0 Å². The standard InChI is InChI=1S/C36H32F3N7O3/c1-5-24-27(38)8-7-19-10-23(47)11-25(30(19)24)32-31(39)33-26(14-41-32)34(43-35(42-33)49-18-36(3)12-21(37)15-44(36)4)45-16-22-9-20(13-40)28(17-45)46(22)29(48)6-2/h1,6-8,10-11,14,20-22,28,47H,2,9,12,15-18H2,3-4H3/t20?,21-,22-,28-,36+/m1/s1. The van der Waals surface area contributed by atoms with Gasteiger partial charge in [0.05, 0.1) is 40.6 Å². The number of rotatable bonds is 6. The van der Waals surface area contributed by atoms with Crippen molar-refractivity contribution in [1.29, 1.82) is 5.26 Å². The van der Waals surface area contributed by atoms with Crippen LogP contribution in [0.25, 0.3) is 32.9 Å². The molecule has 2 aromatic heterocycles. The second-order valence-electron chi connectivity index (χ2n) is 13.2. The Morgan fingerprint density at radius 3 is 2.76 bits per heavy atom. The van der Waals surface area contributed by atoms with Gasteiger partial charge in [-0.3, -0.25) is 14.7 Å². The number of ether oxygens (including phenoxy) is 1. The number of nitrogens with zero attached hydrogens (tertiary/aromatic N) is 7. The minimum atomic E-state index is -1.04. The molecule has 7 rings (SSSR count). The number of terminal acetylenes is 1. The fourth-order valence-corrected chi connectivity index (χ4v) is 7.59. The maximum absolute atomic E-state index is 16.9. The number of phenolic OH excluding ortho intramolecular Hbond substituents is 1. The van der Waals surface area contributed by atoms with Crippen LogP contribution in [0.1, 0.15) is 25.3 Å². The van der Waals surface area contributed by atoms with Crippen molar-refractivity contribution >= 4 is 33.4 Å². The summed E-state index contributed by atoms with van der Waals surface area (Å²) in [5.41, 5.74) is -1.13. The molecule has 2 bridgehead atoms. The molecule has 1 amide bonds. The number of alkyl halides is 1. The largest absolute Gasteiger partial charge is 0.508 e. The van der Waals surface area contributed by atoms with Crippen LogP contribution in [0.5, 0.6) is 11.8 Å². The van der Waals surface area contributed by atoms with Gasteiger partial charge in [-0.15, -0.1) is 6.42 Å². The number of pyridine rings is 1. The van der Waals surface area contributed by atoms with Crippen LogP contribution >= 0.6 is 0 Å². The molecular formula is C36H32F3N7O3. The number of benzene rings is 2. The topological polar surface area (TPSA) is 119 Å². The van der Waals surface area contributed by atoms with Crippen LogP contribution in [0.15, 0.2) is 43.1 Å². The molecule has 3 saturated heterocycles. The van der Waals surface area contributed by atoms with Gasteiger partial charge in [-0.25, -0.2) is 13.2 Å². The lowest BCUT2D eigenvalue weighted by atomic mass is 9.96. The van der Waals surface area contributed by atoms with Crippen LogP contribution in [0.2, 0.25) is 0 Å². The zero-order valence-corrected chi connectivity index (χ0v) is 26.8. The number of aromatic hydroxyl groups is 1. The van der Waals surface area contributed by atoms with Crippen LogP contribution in [-0.4, -0.2) is 92.8 Å². The van der Waals surface area contributed by atoms with Gasteiger partial charge in [0.1, 0.15) is 41.4 Å². The molecule has 2 aromatic carbocycles. The predicted octanol–water partition coefficient (Wildman–Crippen LogP) is 4.74. The maximum atomic E-state index is 16.9. The molecule has 5 heterocycles. The smallest absolute Gasteiger partial charge is 0.319 e. The third-order valence-corrected chi connectivity index (χ3v) is 10.1. The van der Waals surface area contributed by atoms with Crippen molar-refractivity contribution in [2.75, 3.05) is 38.2 Å². The van der Waals surface area contributed by atoms with Crippen molar-refractivity contribution in [3.05, 3.63) is 60.3 Å². The first-order valence-corrected chi connectivity index (χ1v) is 15.8. The first-order valence-electron chi connectivity index (χ1n) is 15.8. The SMILES string of the molecule is C#Cc1c(F)ccc2cc(O)cc(-c3ncc4c(N5C[C@H]6CC(C#N)[C@@H](C5)N6C(=O)C=C)nc(OC[C@]5(C)C[C@@H](F)CN5C)nc4c3F)c12. The van der Waals surface area contributed by atoms with E-state index in [0.29, 0.717) is 11.8 Å². The van der Waals surface area contributed by atoms with Gasteiger partial charge >= 0.3 is 6.01 Å². The second-order valence-corrected chi connectivity index (χ2v) is 13.2. The summed E-state index contributed by atoms with van der Waals surface area (Å²) >= 11 is 0. The van der Waals surface area contributed by atoms with Gasteiger partial charge in [0, 0.05) is 43.2 Å². The zero-order valence-electron chi connectivity index (χ0n) is 26.8. The first-order chi connectivity index (χ1) is 23.5. The van der Waals surface area contributed by atoms with Crippen LogP contribution in [-0.2, 0) is 4.79 Å². The molecule has 49 heavy (non-hydrogen) atoms. The number of aromatic nitrogens is 3. The van der Waals surface area contributed by atoms with Crippen molar-refractivity contribution < 1.29 is 27.8 Å². The van der Waals surface area contributed by atoms with E-state index in [4.69, 9.17) is 16.1 Å². The zero-order chi connectivity index (χ0) is 34.8. The molecule has 3 aliphatic heterocycles. The average molecular weight is 668 g/mol. The number of carbonyl (C=O) groups is 1. The van der Waals surface area contributed by atoms with Gasteiger partial charge in [0.25, 0.3) is 0 Å². The summed E-state index contributed by atoms with van der Waals surface area (Å²) < 4.78 is 52.2. The lowest BCUT2D eigenvalue weighted by molar-refractivity contribution is -0.129.